The van der Waals surface area contributed by atoms with Crippen LogP contribution < -0.4 is 15.8 Å². The minimum absolute atomic E-state index is 0.0589. The molecule has 2 saturated heterocycles. The number of aromatic nitrogens is 4. The van der Waals surface area contributed by atoms with Crippen LogP contribution >= 0.6 is 0 Å². The molecule has 4 heterocycles. The van der Waals surface area contributed by atoms with E-state index in [-0.39, 0.29) is 42.4 Å². The van der Waals surface area contributed by atoms with E-state index in [4.69, 9.17) is 9.47 Å². The first-order valence-corrected chi connectivity index (χ1v) is 12.1. The topological polar surface area (TPSA) is 126 Å². The van der Waals surface area contributed by atoms with E-state index in [0.717, 1.165) is 18.8 Å². The summed E-state index contributed by atoms with van der Waals surface area (Å²) in [6, 6.07) is -0.104. The van der Waals surface area contributed by atoms with Crippen molar-refractivity contribution in [3.63, 3.8) is 0 Å². The van der Waals surface area contributed by atoms with Crippen molar-refractivity contribution in [2.24, 2.45) is 5.92 Å². The number of halogens is 3. The maximum atomic E-state index is 12.7. The van der Waals surface area contributed by atoms with Gasteiger partial charge in [0, 0.05) is 56.7 Å². The fourth-order valence-electron chi connectivity index (χ4n) is 4.28. The van der Waals surface area contributed by atoms with E-state index < -0.39 is 11.7 Å². The maximum absolute atomic E-state index is 12.7. The lowest BCUT2D eigenvalue weighted by atomic mass is 9.99. The van der Waals surface area contributed by atoms with Crippen LogP contribution in [0.25, 0.3) is 0 Å². The zero-order chi connectivity index (χ0) is 26.4. The summed E-state index contributed by atoms with van der Waals surface area (Å²) in [6.45, 7) is 5.23. The van der Waals surface area contributed by atoms with E-state index >= 15 is 0 Å². The highest BCUT2D eigenvalue weighted by Gasteiger charge is 2.32. The Hall–Kier alpha value is -3.26. The number of H-pyrrole nitrogens is 1. The molecule has 0 radical (unpaired) electrons. The molecule has 2 aliphatic rings. The van der Waals surface area contributed by atoms with Gasteiger partial charge in [-0.15, -0.1) is 0 Å². The van der Waals surface area contributed by atoms with Crippen LogP contribution in [0.5, 0.6) is 0 Å². The Balaban J connectivity index is 1.22. The molecule has 2 aromatic rings. The molecule has 2 atom stereocenters. The van der Waals surface area contributed by atoms with Gasteiger partial charge in [0.1, 0.15) is 0 Å². The summed E-state index contributed by atoms with van der Waals surface area (Å²) in [4.78, 5) is 35.6. The number of rotatable bonds is 9. The van der Waals surface area contributed by atoms with Crippen LogP contribution in [-0.4, -0.2) is 89.6 Å². The number of alkyl halides is 3. The van der Waals surface area contributed by atoms with E-state index in [2.05, 4.69) is 25.5 Å². The molecule has 0 bridgehead atoms. The monoisotopic (exact) mass is 525 g/mol. The number of hydrogen-bond donors (Lipinski definition) is 2. The highest BCUT2D eigenvalue weighted by Crippen LogP contribution is 2.28. The quantitative estimate of drug-likeness (QED) is 0.468. The van der Waals surface area contributed by atoms with Gasteiger partial charge in [-0.2, -0.15) is 18.3 Å². The average Bonchev–Trinajstić information content (AvgIpc) is 3.43. The molecule has 0 unspecified atom stereocenters. The number of carbonyl (C=O) groups is 1. The Bertz CT molecular complexity index is 1100. The Morgan fingerprint density at radius 1 is 1.24 bits per heavy atom. The van der Waals surface area contributed by atoms with Gasteiger partial charge in [-0.05, 0) is 13.3 Å². The van der Waals surface area contributed by atoms with Crippen molar-refractivity contribution in [1.82, 2.24) is 25.1 Å². The van der Waals surface area contributed by atoms with Crippen molar-refractivity contribution in [3.8, 4) is 0 Å². The fraction of sp³-hybridized carbons (Fsp3) is 0.609. The van der Waals surface area contributed by atoms with E-state index in [0.29, 0.717) is 57.3 Å². The van der Waals surface area contributed by atoms with E-state index in [1.807, 2.05) is 0 Å². The number of hydrogen-bond acceptors (Lipinski definition) is 9. The minimum atomic E-state index is -4.48. The number of nitrogens with zero attached hydrogens (tertiary/aromatic N) is 5. The summed E-state index contributed by atoms with van der Waals surface area (Å²) < 4.78 is 49.5. The molecule has 14 heteroatoms. The second kappa shape index (κ2) is 11.9. The molecule has 0 aliphatic carbocycles. The highest BCUT2D eigenvalue weighted by molar-refractivity contribution is 5.76. The van der Waals surface area contributed by atoms with Crippen LogP contribution in [0.4, 0.5) is 24.8 Å². The van der Waals surface area contributed by atoms with E-state index in [9.17, 15) is 22.8 Å². The van der Waals surface area contributed by atoms with Crippen molar-refractivity contribution in [1.29, 1.82) is 0 Å². The standard InChI is InChI=1S/C23H30F3N7O4/c1-15-18(12-29-31-21(15)35)30-19(16-2-8-36-13-16)14-37-9-3-20(34)32-4-6-33(7-5-32)22-27-10-17(11-28-22)23(24,25)26/h10-12,16,19H,2-9,13-14H2,1H3,(H2,30,31,35)/t16-,19-/m1/s1. The maximum Gasteiger partial charge on any atom is 0.419 e. The van der Waals surface area contributed by atoms with Crippen LogP contribution in [0.1, 0.15) is 24.0 Å². The first-order chi connectivity index (χ1) is 17.7. The first-order valence-electron chi connectivity index (χ1n) is 12.1. The third-order valence-electron chi connectivity index (χ3n) is 6.62. The lowest BCUT2D eigenvalue weighted by Crippen LogP contribution is -2.49. The Morgan fingerprint density at radius 2 is 1.97 bits per heavy atom. The zero-order valence-corrected chi connectivity index (χ0v) is 20.5. The molecular weight excluding hydrogens is 495 g/mol. The number of amides is 1. The molecule has 202 valence electrons. The second-order valence-electron chi connectivity index (χ2n) is 9.07. The number of carbonyl (C=O) groups excluding carboxylic acids is 1. The predicted octanol–water partition coefficient (Wildman–Crippen LogP) is 1.46. The smallest absolute Gasteiger partial charge is 0.381 e. The van der Waals surface area contributed by atoms with E-state index in [1.165, 1.54) is 0 Å². The lowest BCUT2D eigenvalue weighted by molar-refractivity contribution is -0.138. The molecule has 2 N–H and O–H groups in total. The fourth-order valence-corrected chi connectivity index (χ4v) is 4.28. The van der Waals surface area contributed by atoms with Gasteiger partial charge in [0.2, 0.25) is 11.9 Å². The Morgan fingerprint density at radius 3 is 2.62 bits per heavy atom. The average molecular weight is 526 g/mol. The minimum Gasteiger partial charge on any atom is -0.381 e. The summed E-state index contributed by atoms with van der Waals surface area (Å²) >= 11 is 0. The summed E-state index contributed by atoms with van der Waals surface area (Å²) in [7, 11) is 0. The van der Waals surface area contributed by atoms with Crippen LogP contribution in [0.15, 0.2) is 23.4 Å². The summed E-state index contributed by atoms with van der Waals surface area (Å²) in [6.07, 6.45) is -0.309. The van der Waals surface area contributed by atoms with Gasteiger partial charge in [-0.25, -0.2) is 15.1 Å². The van der Waals surface area contributed by atoms with Gasteiger partial charge in [0.05, 0.1) is 49.7 Å². The van der Waals surface area contributed by atoms with Crippen molar-refractivity contribution < 1.29 is 27.4 Å². The largest absolute Gasteiger partial charge is 0.419 e. The molecule has 37 heavy (non-hydrogen) atoms. The van der Waals surface area contributed by atoms with Crippen LogP contribution in [-0.2, 0) is 20.4 Å². The number of nitrogens with one attached hydrogen (secondary N) is 2. The van der Waals surface area contributed by atoms with Crippen LogP contribution in [0.2, 0.25) is 0 Å². The first kappa shape index (κ1) is 26.8. The summed E-state index contributed by atoms with van der Waals surface area (Å²) in [5.74, 6) is 0.356. The summed E-state index contributed by atoms with van der Waals surface area (Å²) in [5.41, 5.74) is 0.0141. The zero-order valence-electron chi connectivity index (χ0n) is 20.5. The van der Waals surface area contributed by atoms with Gasteiger partial charge in [-0.1, -0.05) is 0 Å². The molecular formula is C23H30F3N7O4. The molecule has 2 aromatic heterocycles. The normalized spacial score (nSPS) is 19.2. The van der Waals surface area contributed by atoms with Gasteiger partial charge < -0.3 is 24.6 Å². The molecule has 2 aliphatic heterocycles. The van der Waals surface area contributed by atoms with Crippen LogP contribution in [0, 0.1) is 12.8 Å². The van der Waals surface area contributed by atoms with Gasteiger partial charge >= 0.3 is 6.18 Å². The highest BCUT2D eigenvalue weighted by atomic mass is 19.4. The Kier molecular flexibility index (Phi) is 8.59. The van der Waals surface area contributed by atoms with Crippen molar-refractivity contribution in [3.05, 3.63) is 40.1 Å². The number of aromatic amines is 1. The van der Waals surface area contributed by atoms with Crippen molar-refractivity contribution in [2.45, 2.75) is 32.0 Å². The molecule has 11 nitrogen and oxygen atoms in total. The van der Waals surface area contributed by atoms with Crippen molar-refractivity contribution >= 4 is 17.5 Å². The number of ether oxygens (including phenoxy) is 2. The molecule has 0 aromatic carbocycles. The van der Waals surface area contributed by atoms with Gasteiger partial charge in [0.25, 0.3) is 5.56 Å². The summed E-state index contributed by atoms with van der Waals surface area (Å²) in [5, 5.41) is 9.61. The SMILES string of the molecule is Cc1c(N[C@H](COCCC(=O)N2CCN(c3ncc(C(F)(F)F)cn3)CC2)[C@@H]2CCOC2)cn[nH]c1=O. The van der Waals surface area contributed by atoms with E-state index in [1.54, 1.807) is 22.9 Å². The van der Waals surface area contributed by atoms with Gasteiger partial charge in [0.15, 0.2) is 0 Å². The molecule has 0 spiro atoms. The van der Waals surface area contributed by atoms with Crippen LogP contribution in [0.3, 0.4) is 0 Å². The molecule has 0 saturated carbocycles. The molecule has 1 amide bonds. The third-order valence-corrected chi connectivity index (χ3v) is 6.62. The lowest BCUT2D eigenvalue weighted by Gasteiger charge is -2.34. The number of piperazine rings is 1. The number of anilines is 2. The second-order valence-corrected chi connectivity index (χ2v) is 9.07. The third kappa shape index (κ3) is 6.95. The van der Waals surface area contributed by atoms with Gasteiger partial charge in [-0.3, -0.25) is 9.59 Å². The predicted molar refractivity (Wildman–Crippen MR) is 127 cm³/mol. The van der Waals surface area contributed by atoms with Crippen molar-refractivity contribution in [2.75, 3.05) is 62.8 Å². The Labute approximate surface area is 211 Å². The molecule has 2 fully saturated rings. The molecule has 4 rings (SSSR count).